The fourth-order valence-electron chi connectivity index (χ4n) is 10.3. The molecule has 0 amide bonds. The number of nitrogens with zero attached hydrogens (tertiary/aromatic N) is 1. The van der Waals surface area contributed by atoms with E-state index in [1.54, 1.807) is 0 Å². The summed E-state index contributed by atoms with van der Waals surface area (Å²) in [7, 11) is 0. The molecule has 2 aliphatic carbocycles. The molecule has 9 aromatic carbocycles. The van der Waals surface area contributed by atoms with Crippen molar-refractivity contribution in [2.75, 3.05) is 4.90 Å². The van der Waals surface area contributed by atoms with Crippen LogP contribution in [0.25, 0.3) is 64.3 Å². The Hall–Kier alpha value is -6.74. The third kappa shape index (κ3) is 4.51. The van der Waals surface area contributed by atoms with Gasteiger partial charge in [0, 0.05) is 26.8 Å². The Kier molecular flexibility index (Phi) is 7.06. The summed E-state index contributed by atoms with van der Waals surface area (Å²) in [6.45, 7) is 2.32. The van der Waals surface area contributed by atoms with Crippen LogP contribution in [-0.4, -0.2) is 0 Å². The van der Waals surface area contributed by atoms with Crippen molar-refractivity contribution in [1.82, 2.24) is 0 Å². The lowest BCUT2D eigenvalue weighted by Gasteiger charge is -2.41. The Morgan fingerprint density at radius 3 is 1.91 bits per heavy atom. The third-order valence-corrected chi connectivity index (χ3v) is 13.9. The molecule has 1 aromatic heterocycles. The fraction of sp³-hybridized carbons (Fsp3) is 0.0545. The van der Waals surface area contributed by atoms with Crippen molar-refractivity contribution in [3.05, 3.63) is 222 Å². The average molecular weight is 744 g/mol. The van der Waals surface area contributed by atoms with E-state index in [0.29, 0.717) is 0 Å². The molecule has 0 bridgehead atoms. The molecule has 1 unspecified atom stereocenters. The van der Waals surface area contributed by atoms with Gasteiger partial charge in [-0.3, -0.25) is 0 Å². The van der Waals surface area contributed by atoms with Gasteiger partial charge < -0.3 is 4.90 Å². The first-order valence-corrected chi connectivity index (χ1v) is 20.8. The lowest BCUT2D eigenvalue weighted by atomic mass is 9.60. The molecule has 0 saturated heterocycles. The first-order chi connectivity index (χ1) is 28.2. The maximum atomic E-state index is 2.54. The van der Waals surface area contributed by atoms with E-state index >= 15 is 0 Å². The smallest absolute Gasteiger partial charge is 0.0729 e. The van der Waals surface area contributed by atoms with Gasteiger partial charge in [0.25, 0.3) is 0 Å². The SMILES string of the molecule is CCc1ccc2cccc3c2c1C1(c2ccccc2-c2ccc(N(c4ccc(-c5ccccc5)cc4)c4cccc5c4sc4ccccc45)cc21)c1ccccc1-3. The Labute approximate surface area is 336 Å². The Bertz CT molecular complexity index is 3230. The van der Waals surface area contributed by atoms with Gasteiger partial charge in [0.15, 0.2) is 0 Å². The zero-order chi connectivity index (χ0) is 37.7. The number of anilines is 3. The first kappa shape index (κ1) is 32.5. The van der Waals surface area contributed by atoms with Crippen LogP contribution < -0.4 is 4.90 Å². The van der Waals surface area contributed by atoms with Gasteiger partial charge in [-0.25, -0.2) is 0 Å². The molecule has 57 heavy (non-hydrogen) atoms. The quantitative estimate of drug-likeness (QED) is 0.170. The molecule has 2 heteroatoms. The summed E-state index contributed by atoms with van der Waals surface area (Å²) in [6, 6.07) is 72.8. The molecule has 10 aromatic rings. The predicted octanol–water partition coefficient (Wildman–Crippen LogP) is 15.3. The van der Waals surface area contributed by atoms with Crippen molar-refractivity contribution in [1.29, 1.82) is 0 Å². The van der Waals surface area contributed by atoms with Gasteiger partial charge in [0.05, 0.1) is 15.8 Å². The highest BCUT2D eigenvalue weighted by Gasteiger charge is 2.51. The number of thiophene rings is 1. The number of hydrogen-bond donors (Lipinski definition) is 0. The summed E-state index contributed by atoms with van der Waals surface area (Å²) in [5, 5.41) is 5.28. The highest BCUT2D eigenvalue weighted by atomic mass is 32.1. The van der Waals surface area contributed by atoms with E-state index in [9.17, 15) is 0 Å². The summed E-state index contributed by atoms with van der Waals surface area (Å²) in [4.78, 5) is 2.51. The summed E-state index contributed by atoms with van der Waals surface area (Å²) in [6.07, 6.45) is 0.953. The maximum Gasteiger partial charge on any atom is 0.0729 e. The molecule has 0 radical (unpaired) electrons. The number of hydrogen-bond acceptors (Lipinski definition) is 2. The largest absolute Gasteiger partial charge is 0.309 e. The van der Waals surface area contributed by atoms with Crippen molar-refractivity contribution in [2.45, 2.75) is 18.8 Å². The van der Waals surface area contributed by atoms with Crippen LogP contribution >= 0.6 is 11.3 Å². The van der Waals surface area contributed by atoms with E-state index in [0.717, 1.165) is 17.8 Å². The van der Waals surface area contributed by atoms with Crippen LogP contribution in [0.15, 0.2) is 194 Å². The average Bonchev–Trinajstić information content (AvgIpc) is 3.80. The molecule has 268 valence electrons. The first-order valence-electron chi connectivity index (χ1n) is 20.0. The second-order valence-corrected chi connectivity index (χ2v) is 16.5. The highest BCUT2D eigenvalue weighted by molar-refractivity contribution is 7.26. The molecule has 0 saturated carbocycles. The summed E-state index contributed by atoms with van der Waals surface area (Å²) in [5.74, 6) is 0. The summed E-state index contributed by atoms with van der Waals surface area (Å²) >= 11 is 1.89. The lowest BCUT2D eigenvalue weighted by Crippen LogP contribution is -2.33. The van der Waals surface area contributed by atoms with Crippen LogP contribution in [0.2, 0.25) is 0 Å². The lowest BCUT2D eigenvalue weighted by molar-refractivity contribution is 0.759. The van der Waals surface area contributed by atoms with E-state index in [1.807, 2.05) is 11.3 Å². The monoisotopic (exact) mass is 743 g/mol. The molecule has 12 rings (SSSR count). The van der Waals surface area contributed by atoms with Gasteiger partial charge in [-0.2, -0.15) is 0 Å². The van der Waals surface area contributed by atoms with E-state index < -0.39 is 5.41 Å². The fourth-order valence-corrected chi connectivity index (χ4v) is 11.5. The molecule has 1 atom stereocenters. The maximum absolute atomic E-state index is 2.54. The van der Waals surface area contributed by atoms with Crippen LogP contribution in [0, 0.1) is 0 Å². The molecule has 1 heterocycles. The minimum atomic E-state index is -0.496. The molecule has 0 aliphatic heterocycles. The van der Waals surface area contributed by atoms with Gasteiger partial charge in [-0.05, 0) is 115 Å². The summed E-state index contributed by atoms with van der Waals surface area (Å²) < 4.78 is 2.60. The topological polar surface area (TPSA) is 3.24 Å². The zero-order valence-electron chi connectivity index (χ0n) is 31.5. The molecule has 0 N–H and O–H groups in total. The number of fused-ring (bicyclic) bond motifs is 12. The van der Waals surface area contributed by atoms with Crippen molar-refractivity contribution in [3.63, 3.8) is 0 Å². The van der Waals surface area contributed by atoms with Gasteiger partial charge in [0.2, 0.25) is 0 Å². The zero-order valence-corrected chi connectivity index (χ0v) is 32.4. The molecule has 0 fully saturated rings. The third-order valence-electron chi connectivity index (χ3n) is 12.7. The van der Waals surface area contributed by atoms with E-state index in [4.69, 9.17) is 0 Å². The second-order valence-electron chi connectivity index (χ2n) is 15.4. The van der Waals surface area contributed by atoms with Gasteiger partial charge in [-0.15, -0.1) is 11.3 Å². The minimum absolute atomic E-state index is 0.496. The second kappa shape index (κ2) is 12.4. The highest BCUT2D eigenvalue weighted by Crippen LogP contribution is 2.63. The van der Waals surface area contributed by atoms with Gasteiger partial charge in [0.1, 0.15) is 0 Å². The molecule has 1 nitrogen and oxygen atoms in total. The normalized spacial score (nSPS) is 14.9. The summed E-state index contributed by atoms with van der Waals surface area (Å²) in [5.41, 5.74) is 17.6. The number of rotatable bonds is 5. The van der Waals surface area contributed by atoms with Crippen LogP contribution in [0.5, 0.6) is 0 Å². The van der Waals surface area contributed by atoms with Crippen molar-refractivity contribution >= 4 is 59.3 Å². The standard InChI is InChI=1S/C55H37NS/c1-2-35-26-27-38-16-12-20-45-42-18-7-10-23-48(42)55(53(35)52(38)45)47-22-9-6-17-41(47)43-33-32-40(34-49(43)55)56(39-30-28-37(29-31-39)36-14-4-3-5-15-36)50-24-13-21-46-44-19-8-11-25-51(44)57-54(46)50/h3-34H,2H2,1H3. The molecule has 2 aliphatic rings. The van der Waals surface area contributed by atoms with Crippen LogP contribution in [0.4, 0.5) is 17.1 Å². The van der Waals surface area contributed by atoms with E-state index in [2.05, 4.69) is 206 Å². The predicted molar refractivity (Wildman–Crippen MR) is 243 cm³/mol. The van der Waals surface area contributed by atoms with Crippen molar-refractivity contribution in [2.24, 2.45) is 0 Å². The molecule has 1 spiro atoms. The van der Waals surface area contributed by atoms with Crippen LogP contribution in [-0.2, 0) is 11.8 Å². The van der Waals surface area contributed by atoms with Gasteiger partial charge >= 0.3 is 0 Å². The Morgan fingerprint density at radius 1 is 0.474 bits per heavy atom. The van der Waals surface area contributed by atoms with E-state index in [-0.39, 0.29) is 0 Å². The molecular formula is C55H37NS. The van der Waals surface area contributed by atoms with E-state index in [1.165, 1.54) is 97.8 Å². The van der Waals surface area contributed by atoms with Crippen molar-refractivity contribution < 1.29 is 0 Å². The number of benzene rings is 9. The van der Waals surface area contributed by atoms with Crippen LogP contribution in [0.1, 0.15) is 34.7 Å². The number of aryl methyl sites for hydroxylation is 1. The Balaban J connectivity index is 1.17. The Morgan fingerprint density at radius 2 is 1.11 bits per heavy atom. The van der Waals surface area contributed by atoms with Crippen LogP contribution in [0.3, 0.4) is 0 Å². The van der Waals surface area contributed by atoms with Crippen molar-refractivity contribution in [3.8, 4) is 33.4 Å². The molecular weight excluding hydrogens is 707 g/mol. The minimum Gasteiger partial charge on any atom is -0.309 e. The van der Waals surface area contributed by atoms with Gasteiger partial charge in [-0.1, -0.05) is 165 Å².